The lowest BCUT2D eigenvalue weighted by Crippen LogP contribution is -2.42. The molecule has 1 unspecified atom stereocenters. The summed E-state index contributed by atoms with van der Waals surface area (Å²) in [5.74, 6) is 2.25. The molecule has 0 spiro atoms. The Morgan fingerprint density at radius 3 is 2.57 bits per heavy atom. The maximum Gasteiger partial charge on any atom is 0.150 e. The monoisotopic (exact) mass is 432 g/mol. The summed E-state index contributed by atoms with van der Waals surface area (Å²) in [5.41, 5.74) is 1.23. The largest absolute Gasteiger partial charge is 0.490 e. The van der Waals surface area contributed by atoms with Crippen LogP contribution in [-0.4, -0.2) is 68.3 Å². The highest BCUT2D eigenvalue weighted by Gasteiger charge is 2.28. The SMILES string of the molecule is O=S1(=O)CCC(CN2CCC(Oc3cccc4c3ccn4C3CCOC3)CC2)CC1. The zero-order valence-electron chi connectivity index (χ0n) is 17.5. The molecule has 6 nitrogen and oxygen atoms in total. The van der Waals surface area contributed by atoms with Gasteiger partial charge >= 0.3 is 0 Å². The highest BCUT2D eigenvalue weighted by molar-refractivity contribution is 7.91. The molecule has 0 bridgehead atoms. The van der Waals surface area contributed by atoms with E-state index in [9.17, 15) is 8.42 Å². The molecule has 7 heteroatoms. The molecule has 5 rings (SSSR count). The Bertz CT molecular complexity index is 958. The maximum absolute atomic E-state index is 11.6. The molecule has 1 atom stereocenters. The molecule has 0 N–H and O–H groups in total. The fraction of sp³-hybridized carbons (Fsp3) is 0.652. The van der Waals surface area contributed by atoms with Crippen LogP contribution in [0.4, 0.5) is 0 Å². The van der Waals surface area contributed by atoms with E-state index in [0.29, 0.717) is 23.5 Å². The van der Waals surface area contributed by atoms with Gasteiger partial charge in [0.2, 0.25) is 0 Å². The van der Waals surface area contributed by atoms with Crippen molar-refractivity contribution in [2.75, 3.05) is 44.4 Å². The second-order valence-electron chi connectivity index (χ2n) is 9.14. The fourth-order valence-electron chi connectivity index (χ4n) is 5.20. The first kappa shape index (κ1) is 20.3. The molecular formula is C23H32N2O4S. The van der Waals surface area contributed by atoms with Gasteiger partial charge in [-0.25, -0.2) is 8.42 Å². The van der Waals surface area contributed by atoms with Gasteiger partial charge in [-0.15, -0.1) is 0 Å². The number of likely N-dealkylation sites (tertiary alicyclic amines) is 1. The molecule has 3 saturated heterocycles. The van der Waals surface area contributed by atoms with Crippen LogP contribution in [0.2, 0.25) is 0 Å². The molecule has 3 fully saturated rings. The van der Waals surface area contributed by atoms with E-state index in [2.05, 4.69) is 39.9 Å². The molecule has 2 aromatic rings. The summed E-state index contributed by atoms with van der Waals surface area (Å²) < 4.78 is 37.6. The van der Waals surface area contributed by atoms with Crippen molar-refractivity contribution in [1.29, 1.82) is 0 Å². The number of piperidine rings is 1. The summed E-state index contributed by atoms with van der Waals surface area (Å²) in [6, 6.07) is 8.96. The third-order valence-corrected chi connectivity index (χ3v) is 8.76. The lowest BCUT2D eigenvalue weighted by Gasteiger charge is -2.35. The number of rotatable bonds is 5. The van der Waals surface area contributed by atoms with Crippen LogP contribution in [0.5, 0.6) is 5.75 Å². The van der Waals surface area contributed by atoms with E-state index in [-0.39, 0.29) is 6.10 Å². The van der Waals surface area contributed by atoms with Crippen LogP contribution in [0.3, 0.4) is 0 Å². The van der Waals surface area contributed by atoms with Crippen molar-refractivity contribution in [3.05, 3.63) is 30.5 Å². The van der Waals surface area contributed by atoms with Crippen molar-refractivity contribution in [2.45, 2.75) is 44.2 Å². The predicted octanol–water partition coefficient (Wildman–Crippen LogP) is 3.27. The molecule has 0 aliphatic carbocycles. The summed E-state index contributed by atoms with van der Waals surface area (Å²) in [5, 5.41) is 1.19. The molecular weight excluding hydrogens is 400 g/mol. The second-order valence-corrected chi connectivity index (χ2v) is 11.4. The van der Waals surface area contributed by atoms with E-state index >= 15 is 0 Å². The van der Waals surface area contributed by atoms with Crippen LogP contribution in [0.15, 0.2) is 30.5 Å². The van der Waals surface area contributed by atoms with Gasteiger partial charge < -0.3 is 18.9 Å². The quantitative estimate of drug-likeness (QED) is 0.726. The van der Waals surface area contributed by atoms with Gasteiger partial charge in [-0.1, -0.05) is 6.07 Å². The Balaban J connectivity index is 1.17. The molecule has 1 aromatic heterocycles. The average Bonchev–Trinajstić information content (AvgIpc) is 3.41. The third kappa shape index (κ3) is 4.39. The predicted molar refractivity (Wildman–Crippen MR) is 118 cm³/mol. The van der Waals surface area contributed by atoms with Gasteiger partial charge in [-0.2, -0.15) is 0 Å². The van der Waals surface area contributed by atoms with Crippen molar-refractivity contribution in [3.63, 3.8) is 0 Å². The van der Waals surface area contributed by atoms with Crippen molar-refractivity contribution in [1.82, 2.24) is 9.47 Å². The molecule has 3 aliphatic heterocycles. The lowest BCUT2D eigenvalue weighted by atomic mass is 10.00. The van der Waals surface area contributed by atoms with Crippen molar-refractivity contribution < 1.29 is 17.9 Å². The zero-order valence-corrected chi connectivity index (χ0v) is 18.4. The normalized spacial score (nSPS) is 26.3. The summed E-state index contributed by atoms with van der Waals surface area (Å²) in [6.45, 7) is 4.73. The van der Waals surface area contributed by atoms with Crippen molar-refractivity contribution in [3.8, 4) is 5.75 Å². The van der Waals surface area contributed by atoms with Gasteiger partial charge in [0.1, 0.15) is 21.7 Å². The molecule has 0 saturated carbocycles. The second kappa shape index (κ2) is 8.52. The number of sulfone groups is 1. The first-order chi connectivity index (χ1) is 14.6. The molecule has 3 aliphatic rings. The van der Waals surface area contributed by atoms with E-state index in [1.807, 2.05) is 0 Å². The number of aromatic nitrogens is 1. The highest BCUT2D eigenvalue weighted by atomic mass is 32.2. The van der Waals surface area contributed by atoms with E-state index in [0.717, 1.165) is 70.7 Å². The Hall–Kier alpha value is -1.57. The van der Waals surface area contributed by atoms with Crippen LogP contribution in [0.25, 0.3) is 10.9 Å². The van der Waals surface area contributed by atoms with Crippen LogP contribution in [0, 0.1) is 5.92 Å². The summed E-state index contributed by atoms with van der Waals surface area (Å²) in [4.78, 5) is 2.50. The molecule has 30 heavy (non-hydrogen) atoms. The molecule has 0 radical (unpaired) electrons. The van der Waals surface area contributed by atoms with Gasteiger partial charge in [0.15, 0.2) is 0 Å². The van der Waals surface area contributed by atoms with E-state index in [1.54, 1.807) is 0 Å². The van der Waals surface area contributed by atoms with Crippen LogP contribution >= 0.6 is 0 Å². The maximum atomic E-state index is 11.6. The Kier molecular flexibility index (Phi) is 5.77. The number of nitrogens with zero attached hydrogens (tertiary/aromatic N) is 2. The molecule has 1 aromatic carbocycles. The zero-order chi connectivity index (χ0) is 20.6. The molecule has 164 valence electrons. The van der Waals surface area contributed by atoms with Crippen LogP contribution < -0.4 is 4.74 Å². The minimum absolute atomic E-state index is 0.247. The average molecular weight is 433 g/mol. The molecule has 4 heterocycles. The summed E-state index contributed by atoms with van der Waals surface area (Å²) in [6.07, 6.45) is 7.19. The smallest absolute Gasteiger partial charge is 0.150 e. The Morgan fingerprint density at radius 1 is 1.03 bits per heavy atom. The Morgan fingerprint density at radius 2 is 1.83 bits per heavy atom. The van der Waals surface area contributed by atoms with E-state index < -0.39 is 9.84 Å². The first-order valence-electron chi connectivity index (χ1n) is 11.3. The summed E-state index contributed by atoms with van der Waals surface area (Å²) >= 11 is 0. The van der Waals surface area contributed by atoms with Crippen LogP contribution in [-0.2, 0) is 14.6 Å². The number of fused-ring (bicyclic) bond motifs is 1. The minimum atomic E-state index is -2.77. The highest BCUT2D eigenvalue weighted by Crippen LogP contribution is 2.33. The van der Waals surface area contributed by atoms with Gasteiger partial charge in [0.25, 0.3) is 0 Å². The molecule has 0 amide bonds. The van der Waals surface area contributed by atoms with Crippen molar-refractivity contribution in [2.24, 2.45) is 5.92 Å². The number of benzene rings is 1. The number of hydrogen-bond acceptors (Lipinski definition) is 5. The third-order valence-electron chi connectivity index (χ3n) is 7.04. The minimum Gasteiger partial charge on any atom is -0.490 e. The topological polar surface area (TPSA) is 60.8 Å². The first-order valence-corrected chi connectivity index (χ1v) is 13.2. The van der Waals surface area contributed by atoms with E-state index in [1.165, 1.54) is 10.9 Å². The Labute approximate surface area is 179 Å². The van der Waals surface area contributed by atoms with Gasteiger partial charge in [0.05, 0.1) is 29.7 Å². The van der Waals surface area contributed by atoms with Gasteiger partial charge in [0, 0.05) is 37.8 Å². The number of hydrogen-bond donors (Lipinski definition) is 0. The summed E-state index contributed by atoms with van der Waals surface area (Å²) in [7, 11) is -2.77. The van der Waals surface area contributed by atoms with Gasteiger partial charge in [-0.05, 0) is 56.2 Å². The van der Waals surface area contributed by atoms with Crippen molar-refractivity contribution >= 4 is 20.7 Å². The fourth-order valence-corrected chi connectivity index (χ4v) is 6.79. The lowest BCUT2D eigenvalue weighted by molar-refractivity contribution is 0.0910. The van der Waals surface area contributed by atoms with Crippen LogP contribution in [0.1, 0.15) is 38.1 Å². The van der Waals surface area contributed by atoms with E-state index in [4.69, 9.17) is 9.47 Å². The number of ether oxygens (including phenoxy) is 2. The van der Waals surface area contributed by atoms with Gasteiger partial charge in [-0.3, -0.25) is 0 Å². The standard InChI is InChI=1S/C23H32N2O4S/c26-30(27)14-8-18(9-15-30)16-24-10-4-20(5-11-24)29-23-3-1-2-22-21(23)6-12-25(22)19-7-13-28-17-19/h1-3,6,12,18-20H,4-5,7-11,13-17H2.